The molecule has 7 rings (SSSR count). The van der Waals surface area contributed by atoms with Crippen LogP contribution in [-0.2, 0) is 16.3 Å². The Labute approximate surface area is 262 Å². The van der Waals surface area contributed by atoms with Gasteiger partial charge in [-0.3, -0.25) is 19.9 Å². The van der Waals surface area contributed by atoms with Crippen LogP contribution < -0.4 is 5.32 Å². The number of nitrogens with zero attached hydrogens (tertiary/aromatic N) is 4. The number of pyridine rings is 2. The third-order valence-corrected chi connectivity index (χ3v) is 8.49. The van der Waals surface area contributed by atoms with E-state index in [1.54, 1.807) is 42.9 Å². The molecule has 7 aromatic rings. The number of aryl methyl sites for hydroxylation is 1. The Morgan fingerprint density at radius 1 is 0.891 bits per heavy atom. The van der Waals surface area contributed by atoms with Gasteiger partial charge in [0.1, 0.15) is 26.9 Å². The molecule has 12 heteroatoms. The molecule has 0 fully saturated rings. The van der Waals surface area contributed by atoms with Gasteiger partial charge >= 0.3 is 0 Å². The molecule has 0 aliphatic rings. The molecule has 1 amide bonds. The highest BCUT2D eigenvalue weighted by molar-refractivity contribution is 7.90. The Kier molecular flexibility index (Phi) is 7.33. The van der Waals surface area contributed by atoms with Crippen LogP contribution >= 0.6 is 0 Å². The summed E-state index contributed by atoms with van der Waals surface area (Å²) in [4.78, 5) is 29.7. The normalized spacial score (nSPS) is 11.7. The van der Waals surface area contributed by atoms with Crippen molar-refractivity contribution < 1.29 is 17.6 Å². The van der Waals surface area contributed by atoms with Gasteiger partial charge in [-0.05, 0) is 72.1 Å². The van der Waals surface area contributed by atoms with E-state index in [0.717, 1.165) is 28.3 Å². The van der Waals surface area contributed by atoms with Gasteiger partial charge in [-0.2, -0.15) is 5.10 Å². The van der Waals surface area contributed by atoms with E-state index in [4.69, 9.17) is 4.98 Å². The number of sulfone groups is 1. The molecule has 0 aliphatic heterocycles. The molecule has 0 spiro atoms. The minimum absolute atomic E-state index is 0.0863. The van der Waals surface area contributed by atoms with Gasteiger partial charge in [0.15, 0.2) is 5.82 Å². The Morgan fingerprint density at radius 2 is 1.74 bits per heavy atom. The molecule has 0 aliphatic carbocycles. The maximum absolute atomic E-state index is 14.6. The number of carbonyl (C=O) groups is 1. The SMILES string of the molecule is CS(=O)(=O)CCc1cc(F)cc(-c2nccc3[nH]c(-c4n[nH]c5ccc(-c6cncc(NC(=O)c7ccccc7)c6)cc45)nc23)c1. The van der Waals surface area contributed by atoms with Crippen molar-refractivity contribution >= 4 is 43.4 Å². The number of hydrogen-bond donors (Lipinski definition) is 3. The van der Waals surface area contributed by atoms with Crippen LogP contribution in [0.2, 0.25) is 0 Å². The molecular weight excluding hydrogens is 605 g/mol. The number of nitrogens with one attached hydrogen (secondary N) is 3. The number of amides is 1. The first-order valence-electron chi connectivity index (χ1n) is 14.3. The number of anilines is 1. The summed E-state index contributed by atoms with van der Waals surface area (Å²) in [6.07, 6.45) is 6.27. The number of hydrogen-bond acceptors (Lipinski definition) is 7. The fourth-order valence-electron chi connectivity index (χ4n) is 5.33. The molecule has 4 aromatic heterocycles. The summed E-state index contributed by atoms with van der Waals surface area (Å²) in [5.74, 6) is -0.311. The van der Waals surface area contributed by atoms with Crippen LogP contribution in [0.25, 0.3) is 55.8 Å². The first kappa shape index (κ1) is 29.0. The summed E-state index contributed by atoms with van der Waals surface area (Å²) in [6.45, 7) is 0. The lowest BCUT2D eigenvalue weighted by molar-refractivity contribution is 0.102. The van der Waals surface area contributed by atoms with Crippen LogP contribution in [0.1, 0.15) is 15.9 Å². The summed E-state index contributed by atoms with van der Waals surface area (Å²) < 4.78 is 38.0. The lowest BCUT2D eigenvalue weighted by Gasteiger charge is -2.08. The number of aromatic amines is 2. The van der Waals surface area contributed by atoms with E-state index in [1.807, 2.05) is 42.5 Å². The zero-order valence-electron chi connectivity index (χ0n) is 24.5. The predicted octanol–water partition coefficient (Wildman–Crippen LogP) is 6.21. The maximum atomic E-state index is 14.6. The van der Waals surface area contributed by atoms with Gasteiger partial charge in [0, 0.05) is 40.7 Å². The zero-order valence-corrected chi connectivity index (χ0v) is 25.3. The number of carbonyl (C=O) groups excluding carboxylic acids is 1. The van der Waals surface area contributed by atoms with Crippen molar-refractivity contribution in [1.29, 1.82) is 0 Å². The molecule has 0 unspecified atom stereocenters. The van der Waals surface area contributed by atoms with Gasteiger partial charge in [-0.15, -0.1) is 0 Å². The quantitative estimate of drug-likeness (QED) is 0.181. The third-order valence-electron chi connectivity index (χ3n) is 7.55. The fourth-order valence-corrected chi connectivity index (χ4v) is 5.93. The molecule has 4 heterocycles. The van der Waals surface area contributed by atoms with Gasteiger partial charge in [0.25, 0.3) is 5.91 Å². The highest BCUT2D eigenvalue weighted by Gasteiger charge is 2.18. The zero-order chi connectivity index (χ0) is 31.8. The Hall–Kier alpha value is -5.75. The monoisotopic (exact) mass is 631 g/mol. The van der Waals surface area contributed by atoms with Crippen molar-refractivity contribution in [3.63, 3.8) is 0 Å². The van der Waals surface area contributed by atoms with Crippen molar-refractivity contribution in [2.45, 2.75) is 6.42 Å². The smallest absolute Gasteiger partial charge is 0.255 e. The minimum atomic E-state index is -3.21. The van der Waals surface area contributed by atoms with E-state index >= 15 is 0 Å². The van der Waals surface area contributed by atoms with E-state index in [-0.39, 0.29) is 18.1 Å². The molecule has 228 valence electrons. The topological polar surface area (TPSA) is 146 Å². The van der Waals surface area contributed by atoms with Crippen molar-refractivity contribution in [1.82, 2.24) is 30.1 Å². The van der Waals surface area contributed by atoms with E-state index in [2.05, 4.69) is 30.5 Å². The van der Waals surface area contributed by atoms with Crippen molar-refractivity contribution in [3.05, 3.63) is 114 Å². The predicted molar refractivity (Wildman–Crippen MR) is 175 cm³/mol. The lowest BCUT2D eigenvalue weighted by Crippen LogP contribution is -2.11. The van der Waals surface area contributed by atoms with Crippen molar-refractivity contribution in [2.24, 2.45) is 0 Å². The molecule has 3 N–H and O–H groups in total. The Bertz CT molecular complexity index is 2370. The molecule has 0 saturated carbocycles. The standard InChI is InChI=1S/C34H26FN7O3S/c1-46(44,45)12-10-20-13-23(15-25(35)14-20)30-32-29(9-11-37-30)39-33(40-32)31-27-17-22(7-8-28(27)41-42-31)24-16-26(19-36-18-24)38-34(43)21-5-3-2-4-6-21/h2-9,11,13-19H,10,12H2,1H3,(H,38,43)(H,39,40)(H,41,42). The number of benzene rings is 3. The molecule has 0 bridgehead atoms. The molecule has 46 heavy (non-hydrogen) atoms. The van der Waals surface area contributed by atoms with Crippen LogP contribution in [-0.4, -0.2) is 56.5 Å². The number of halogens is 1. The molecular formula is C34H26FN7O3S. The van der Waals surface area contributed by atoms with E-state index in [1.165, 1.54) is 12.1 Å². The average Bonchev–Trinajstić information content (AvgIpc) is 3.68. The highest BCUT2D eigenvalue weighted by Crippen LogP contribution is 2.33. The van der Waals surface area contributed by atoms with Crippen LogP contribution in [0.15, 0.2) is 97.5 Å². The second-order valence-corrected chi connectivity index (χ2v) is 13.2. The van der Waals surface area contributed by atoms with Gasteiger partial charge in [0.05, 0.1) is 34.4 Å². The first-order chi connectivity index (χ1) is 22.2. The van der Waals surface area contributed by atoms with Crippen LogP contribution in [0.5, 0.6) is 0 Å². The number of fused-ring (bicyclic) bond motifs is 2. The van der Waals surface area contributed by atoms with Gasteiger partial charge in [-0.25, -0.2) is 17.8 Å². The average molecular weight is 632 g/mol. The van der Waals surface area contributed by atoms with Crippen LogP contribution in [0, 0.1) is 5.82 Å². The highest BCUT2D eigenvalue weighted by atomic mass is 32.2. The van der Waals surface area contributed by atoms with Crippen molar-refractivity contribution in [2.75, 3.05) is 17.3 Å². The van der Waals surface area contributed by atoms with Crippen LogP contribution in [0.4, 0.5) is 10.1 Å². The third kappa shape index (κ3) is 5.97. The van der Waals surface area contributed by atoms with Crippen LogP contribution in [0.3, 0.4) is 0 Å². The number of aromatic nitrogens is 6. The second-order valence-electron chi connectivity index (χ2n) is 11.0. The summed E-state index contributed by atoms with van der Waals surface area (Å²) in [5.41, 5.74) is 6.85. The Balaban J connectivity index is 1.22. The second kappa shape index (κ2) is 11.6. The maximum Gasteiger partial charge on any atom is 0.255 e. The van der Waals surface area contributed by atoms with Gasteiger partial charge in [0.2, 0.25) is 0 Å². The summed E-state index contributed by atoms with van der Waals surface area (Å²) >= 11 is 0. The summed E-state index contributed by atoms with van der Waals surface area (Å²) in [7, 11) is -3.21. The summed E-state index contributed by atoms with van der Waals surface area (Å²) in [5, 5.41) is 11.3. The number of rotatable bonds is 8. The van der Waals surface area contributed by atoms with E-state index in [9.17, 15) is 17.6 Å². The van der Waals surface area contributed by atoms with E-state index in [0.29, 0.717) is 50.6 Å². The lowest BCUT2D eigenvalue weighted by atomic mass is 10.0. The van der Waals surface area contributed by atoms with E-state index < -0.39 is 15.7 Å². The minimum Gasteiger partial charge on any atom is -0.336 e. The first-order valence-corrected chi connectivity index (χ1v) is 16.4. The molecule has 10 nitrogen and oxygen atoms in total. The largest absolute Gasteiger partial charge is 0.336 e. The van der Waals surface area contributed by atoms with Crippen molar-refractivity contribution in [3.8, 4) is 33.9 Å². The number of imidazole rings is 1. The summed E-state index contributed by atoms with van der Waals surface area (Å²) in [6, 6.07) is 22.9. The Morgan fingerprint density at radius 3 is 2.57 bits per heavy atom. The fraction of sp³-hybridized carbons (Fsp3) is 0.0882. The molecule has 0 saturated heterocycles. The number of H-pyrrole nitrogens is 2. The van der Waals surface area contributed by atoms with Gasteiger partial charge in [-0.1, -0.05) is 24.3 Å². The van der Waals surface area contributed by atoms with Gasteiger partial charge < -0.3 is 10.3 Å². The molecule has 3 aromatic carbocycles. The molecule has 0 atom stereocenters. The molecule has 0 radical (unpaired) electrons.